The minimum absolute atomic E-state index is 0.564. The van der Waals surface area contributed by atoms with E-state index in [-0.39, 0.29) is 0 Å². The lowest BCUT2D eigenvalue weighted by Crippen LogP contribution is -2.37. The Labute approximate surface area is 79.8 Å². The molecular weight excluding hydrogens is 168 g/mol. The van der Waals surface area contributed by atoms with Gasteiger partial charge in [-0.2, -0.15) is 0 Å². The van der Waals surface area contributed by atoms with Gasteiger partial charge in [-0.25, -0.2) is 0 Å². The summed E-state index contributed by atoms with van der Waals surface area (Å²) in [5, 5.41) is 18.5. The van der Waals surface area contributed by atoms with Gasteiger partial charge >= 0.3 is 5.97 Å². The highest BCUT2D eigenvalue weighted by Crippen LogP contribution is 2.23. The van der Waals surface area contributed by atoms with Gasteiger partial charge in [0.2, 0.25) is 0 Å². The summed E-state index contributed by atoms with van der Waals surface area (Å²) < 4.78 is 0. The molecule has 0 aliphatic carbocycles. The molecule has 2 N–H and O–H groups in total. The molecule has 0 heterocycles. The fourth-order valence-corrected chi connectivity index (χ4v) is 1.22. The van der Waals surface area contributed by atoms with Gasteiger partial charge in [0, 0.05) is 0 Å². The van der Waals surface area contributed by atoms with Crippen molar-refractivity contribution >= 4 is 5.97 Å². The van der Waals surface area contributed by atoms with Crippen molar-refractivity contribution in [2.75, 3.05) is 0 Å². The highest BCUT2D eigenvalue weighted by atomic mass is 16.4. The summed E-state index contributed by atoms with van der Waals surface area (Å²) >= 11 is 0. The number of hydrogen-bond donors (Lipinski definition) is 2. The fraction of sp³-hybridized carbons (Fsp3) is 0.900. The van der Waals surface area contributed by atoms with E-state index < -0.39 is 17.5 Å². The number of carbonyl (C=O) groups is 1. The largest absolute Gasteiger partial charge is 0.481 e. The van der Waals surface area contributed by atoms with E-state index >= 15 is 0 Å². The zero-order valence-electron chi connectivity index (χ0n) is 8.71. The summed E-state index contributed by atoms with van der Waals surface area (Å²) in [7, 11) is 0. The molecule has 0 saturated carbocycles. The van der Waals surface area contributed by atoms with E-state index in [1.54, 1.807) is 13.8 Å². The molecule has 78 valence electrons. The Morgan fingerprint density at radius 3 is 2.38 bits per heavy atom. The van der Waals surface area contributed by atoms with Crippen LogP contribution < -0.4 is 0 Å². The predicted octanol–water partition coefficient (Wildman–Crippen LogP) is 2.04. The lowest BCUT2D eigenvalue weighted by Gasteiger charge is -2.27. The van der Waals surface area contributed by atoms with Gasteiger partial charge in [0.1, 0.15) is 0 Å². The number of carboxylic acids is 1. The normalized spacial score (nSPS) is 17.8. The van der Waals surface area contributed by atoms with Crippen LogP contribution in [-0.2, 0) is 4.79 Å². The molecular formula is C10H20O3. The molecule has 0 aliphatic heterocycles. The Kier molecular flexibility index (Phi) is 4.99. The van der Waals surface area contributed by atoms with Crippen LogP contribution in [0.2, 0.25) is 0 Å². The zero-order chi connectivity index (χ0) is 10.5. The molecule has 13 heavy (non-hydrogen) atoms. The van der Waals surface area contributed by atoms with Crippen LogP contribution in [-0.4, -0.2) is 21.8 Å². The maximum absolute atomic E-state index is 10.6. The third-order valence-electron chi connectivity index (χ3n) is 2.59. The third-order valence-corrected chi connectivity index (χ3v) is 2.59. The van der Waals surface area contributed by atoms with Crippen molar-refractivity contribution in [3.63, 3.8) is 0 Å². The SMILES string of the molecule is CCCCCC(C)(O)C(C)C(=O)O. The maximum Gasteiger partial charge on any atom is 0.309 e. The molecule has 0 fully saturated rings. The molecule has 0 amide bonds. The standard InChI is InChI=1S/C10H20O3/c1-4-5-6-7-10(3,13)8(2)9(11)12/h8,13H,4-7H2,1-3H3,(H,11,12). The predicted molar refractivity (Wildman–Crippen MR) is 51.6 cm³/mol. The van der Waals surface area contributed by atoms with Crippen molar-refractivity contribution in [2.24, 2.45) is 5.92 Å². The molecule has 0 aromatic rings. The van der Waals surface area contributed by atoms with E-state index in [2.05, 4.69) is 6.92 Å². The van der Waals surface area contributed by atoms with Gasteiger partial charge < -0.3 is 10.2 Å². The molecule has 0 spiro atoms. The average Bonchev–Trinajstić information content (AvgIpc) is 2.03. The molecule has 0 bridgehead atoms. The van der Waals surface area contributed by atoms with Crippen LogP contribution in [0.25, 0.3) is 0 Å². The lowest BCUT2D eigenvalue weighted by molar-refractivity contribution is -0.150. The smallest absolute Gasteiger partial charge is 0.309 e. The summed E-state index contributed by atoms with van der Waals surface area (Å²) in [5.41, 5.74) is -1.07. The van der Waals surface area contributed by atoms with Crippen molar-refractivity contribution in [2.45, 2.75) is 52.1 Å². The Bertz CT molecular complexity index is 164. The number of aliphatic hydroxyl groups is 1. The number of aliphatic carboxylic acids is 1. The summed E-state index contributed by atoms with van der Waals surface area (Å²) in [6.45, 7) is 5.23. The topological polar surface area (TPSA) is 57.5 Å². The highest BCUT2D eigenvalue weighted by Gasteiger charge is 2.32. The molecule has 0 radical (unpaired) electrons. The second-order valence-electron chi connectivity index (χ2n) is 3.87. The van der Waals surface area contributed by atoms with Gasteiger partial charge in [0.25, 0.3) is 0 Å². The Morgan fingerprint density at radius 2 is 2.00 bits per heavy atom. The van der Waals surface area contributed by atoms with Crippen LogP contribution in [0, 0.1) is 5.92 Å². The van der Waals surface area contributed by atoms with Gasteiger partial charge in [-0.3, -0.25) is 4.79 Å². The first-order chi connectivity index (χ1) is 5.91. The van der Waals surface area contributed by atoms with Crippen molar-refractivity contribution in [1.82, 2.24) is 0 Å². The molecule has 2 unspecified atom stereocenters. The summed E-state index contributed by atoms with van der Waals surface area (Å²) in [5.74, 6) is -1.62. The van der Waals surface area contributed by atoms with Gasteiger partial charge in [-0.15, -0.1) is 0 Å². The lowest BCUT2D eigenvalue weighted by atomic mass is 9.86. The third kappa shape index (κ3) is 4.27. The van der Waals surface area contributed by atoms with E-state index in [4.69, 9.17) is 5.11 Å². The number of unbranched alkanes of at least 4 members (excludes halogenated alkanes) is 2. The van der Waals surface area contributed by atoms with Crippen LogP contribution in [0.15, 0.2) is 0 Å². The first kappa shape index (κ1) is 12.4. The van der Waals surface area contributed by atoms with Crippen molar-refractivity contribution in [3.05, 3.63) is 0 Å². The van der Waals surface area contributed by atoms with E-state index in [9.17, 15) is 9.90 Å². The van der Waals surface area contributed by atoms with Crippen molar-refractivity contribution in [3.8, 4) is 0 Å². The number of rotatable bonds is 6. The van der Waals surface area contributed by atoms with Crippen molar-refractivity contribution < 1.29 is 15.0 Å². The molecule has 0 aromatic carbocycles. The van der Waals surface area contributed by atoms with Crippen LogP contribution in [0.3, 0.4) is 0 Å². The van der Waals surface area contributed by atoms with E-state index in [0.29, 0.717) is 6.42 Å². The minimum Gasteiger partial charge on any atom is -0.481 e. The Hall–Kier alpha value is -0.570. The molecule has 0 saturated heterocycles. The quantitative estimate of drug-likeness (QED) is 0.627. The van der Waals surface area contributed by atoms with Gasteiger partial charge in [0.15, 0.2) is 0 Å². The second kappa shape index (κ2) is 5.22. The monoisotopic (exact) mass is 188 g/mol. The van der Waals surface area contributed by atoms with E-state index in [1.165, 1.54) is 0 Å². The van der Waals surface area contributed by atoms with Crippen LogP contribution in [0.4, 0.5) is 0 Å². The second-order valence-corrected chi connectivity index (χ2v) is 3.87. The summed E-state index contributed by atoms with van der Waals surface area (Å²) in [4.78, 5) is 10.6. The summed E-state index contributed by atoms with van der Waals surface area (Å²) in [6, 6.07) is 0. The zero-order valence-corrected chi connectivity index (χ0v) is 8.71. The molecule has 3 heteroatoms. The molecule has 0 rings (SSSR count). The highest BCUT2D eigenvalue weighted by molar-refractivity contribution is 5.70. The minimum atomic E-state index is -1.07. The van der Waals surface area contributed by atoms with Crippen LogP contribution >= 0.6 is 0 Å². The molecule has 0 aromatic heterocycles. The van der Waals surface area contributed by atoms with E-state index in [0.717, 1.165) is 19.3 Å². The fourth-order valence-electron chi connectivity index (χ4n) is 1.22. The molecule has 0 aliphatic rings. The molecule has 2 atom stereocenters. The van der Waals surface area contributed by atoms with Crippen molar-refractivity contribution in [1.29, 1.82) is 0 Å². The number of carboxylic acid groups (broad SMARTS) is 1. The van der Waals surface area contributed by atoms with Gasteiger partial charge in [-0.1, -0.05) is 26.2 Å². The Balaban J connectivity index is 3.98. The summed E-state index contributed by atoms with van der Waals surface area (Å²) in [6.07, 6.45) is 3.58. The van der Waals surface area contributed by atoms with Crippen LogP contribution in [0.1, 0.15) is 46.5 Å². The first-order valence-electron chi connectivity index (χ1n) is 4.87. The first-order valence-corrected chi connectivity index (χ1v) is 4.87. The Morgan fingerprint density at radius 1 is 1.46 bits per heavy atom. The maximum atomic E-state index is 10.6. The van der Waals surface area contributed by atoms with Gasteiger partial charge in [0.05, 0.1) is 11.5 Å². The average molecular weight is 188 g/mol. The number of hydrogen-bond acceptors (Lipinski definition) is 2. The van der Waals surface area contributed by atoms with E-state index in [1.807, 2.05) is 0 Å². The molecule has 3 nitrogen and oxygen atoms in total. The van der Waals surface area contributed by atoms with Crippen LogP contribution in [0.5, 0.6) is 0 Å². The van der Waals surface area contributed by atoms with Gasteiger partial charge in [-0.05, 0) is 20.3 Å².